The van der Waals surface area contributed by atoms with E-state index < -0.39 is 0 Å². The van der Waals surface area contributed by atoms with Gasteiger partial charge in [-0.05, 0) is 31.9 Å². The van der Waals surface area contributed by atoms with Crippen molar-refractivity contribution in [3.05, 3.63) is 35.9 Å². The summed E-state index contributed by atoms with van der Waals surface area (Å²) in [6.07, 6.45) is 2.38. The summed E-state index contributed by atoms with van der Waals surface area (Å²) in [5, 5.41) is 3.36. The van der Waals surface area contributed by atoms with Gasteiger partial charge in [-0.15, -0.1) is 0 Å². The molecule has 3 N–H and O–H groups in total. The van der Waals surface area contributed by atoms with E-state index in [0.717, 1.165) is 25.9 Å². The molecule has 1 rings (SSSR count). The van der Waals surface area contributed by atoms with Gasteiger partial charge in [-0.3, -0.25) is 0 Å². The first-order chi connectivity index (χ1) is 8.24. The van der Waals surface area contributed by atoms with Crippen molar-refractivity contribution in [2.45, 2.75) is 31.9 Å². The molecule has 1 aromatic rings. The highest BCUT2D eigenvalue weighted by atomic mass is 16.5. The summed E-state index contributed by atoms with van der Waals surface area (Å²) in [7, 11) is 1.73. The van der Waals surface area contributed by atoms with E-state index >= 15 is 0 Å². The van der Waals surface area contributed by atoms with Crippen molar-refractivity contribution in [2.24, 2.45) is 5.73 Å². The van der Waals surface area contributed by atoms with Gasteiger partial charge in [-0.1, -0.05) is 30.3 Å². The van der Waals surface area contributed by atoms with Crippen LogP contribution in [0.4, 0.5) is 0 Å². The van der Waals surface area contributed by atoms with E-state index in [9.17, 15) is 0 Å². The first-order valence-corrected chi connectivity index (χ1v) is 6.28. The minimum absolute atomic E-state index is 0.151. The second-order valence-electron chi connectivity index (χ2n) is 4.41. The van der Waals surface area contributed by atoms with Gasteiger partial charge in [0.1, 0.15) is 0 Å². The second-order valence-corrected chi connectivity index (χ2v) is 4.41. The third-order valence-electron chi connectivity index (χ3n) is 2.93. The fraction of sp³-hybridized carbons (Fsp3) is 0.571. The van der Waals surface area contributed by atoms with Gasteiger partial charge in [0.2, 0.25) is 0 Å². The van der Waals surface area contributed by atoms with Crippen LogP contribution in [0.3, 0.4) is 0 Å². The molecule has 1 aromatic carbocycles. The number of hydrogen-bond donors (Lipinski definition) is 2. The Bertz CT molecular complexity index is 290. The van der Waals surface area contributed by atoms with Crippen molar-refractivity contribution in [3.63, 3.8) is 0 Å². The zero-order valence-corrected chi connectivity index (χ0v) is 10.9. The van der Waals surface area contributed by atoms with Crippen molar-refractivity contribution in [1.29, 1.82) is 0 Å². The van der Waals surface area contributed by atoms with Crippen LogP contribution >= 0.6 is 0 Å². The van der Waals surface area contributed by atoms with Crippen LogP contribution in [0, 0.1) is 0 Å². The standard InChI is InChI=1S/C14H24N2O/c1-12(17-2)11-16-10-6-9-14(15)13-7-4-3-5-8-13/h3-5,7-8,12,14,16H,6,9-11,15H2,1-2H3. The zero-order chi connectivity index (χ0) is 12.5. The molecule has 2 unspecified atom stereocenters. The lowest BCUT2D eigenvalue weighted by molar-refractivity contribution is 0.117. The number of ether oxygens (including phenoxy) is 1. The molecule has 0 aliphatic rings. The summed E-state index contributed by atoms with van der Waals surface area (Å²) >= 11 is 0. The molecule has 17 heavy (non-hydrogen) atoms. The van der Waals surface area contributed by atoms with Crippen LogP contribution in [0.5, 0.6) is 0 Å². The van der Waals surface area contributed by atoms with Gasteiger partial charge < -0.3 is 15.8 Å². The summed E-state index contributed by atoms with van der Waals surface area (Å²) in [6.45, 7) is 3.95. The number of benzene rings is 1. The molecule has 0 aliphatic carbocycles. The summed E-state index contributed by atoms with van der Waals surface area (Å²) in [5.41, 5.74) is 7.33. The number of methoxy groups -OCH3 is 1. The number of nitrogens with two attached hydrogens (primary N) is 1. The van der Waals surface area contributed by atoms with Crippen molar-refractivity contribution >= 4 is 0 Å². The molecule has 0 fully saturated rings. The highest BCUT2D eigenvalue weighted by molar-refractivity contribution is 5.18. The Morgan fingerprint density at radius 1 is 1.29 bits per heavy atom. The van der Waals surface area contributed by atoms with E-state index in [1.807, 2.05) is 18.2 Å². The predicted molar refractivity (Wildman–Crippen MR) is 71.9 cm³/mol. The summed E-state index contributed by atoms with van der Waals surface area (Å²) in [4.78, 5) is 0. The molecule has 0 amide bonds. The van der Waals surface area contributed by atoms with Gasteiger partial charge in [0.05, 0.1) is 6.10 Å². The Morgan fingerprint density at radius 2 is 2.00 bits per heavy atom. The smallest absolute Gasteiger partial charge is 0.0667 e. The van der Waals surface area contributed by atoms with Crippen molar-refractivity contribution in [3.8, 4) is 0 Å². The van der Waals surface area contributed by atoms with Crippen molar-refractivity contribution < 1.29 is 4.74 Å². The van der Waals surface area contributed by atoms with Gasteiger partial charge in [0.25, 0.3) is 0 Å². The van der Waals surface area contributed by atoms with Crippen LogP contribution < -0.4 is 11.1 Å². The maximum absolute atomic E-state index is 6.11. The van der Waals surface area contributed by atoms with Crippen LogP contribution in [0.2, 0.25) is 0 Å². The predicted octanol–water partition coefficient (Wildman–Crippen LogP) is 2.09. The Hall–Kier alpha value is -0.900. The molecule has 2 atom stereocenters. The fourth-order valence-electron chi connectivity index (χ4n) is 1.70. The minimum Gasteiger partial charge on any atom is -0.380 e. The first kappa shape index (κ1) is 14.2. The lowest BCUT2D eigenvalue weighted by atomic mass is 10.0. The SMILES string of the molecule is COC(C)CNCCCC(N)c1ccccc1. The molecule has 0 radical (unpaired) electrons. The van der Waals surface area contributed by atoms with Gasteiger partial charge in [0.15, 0.2) is 0 Å². The lowest BCUT2D eigenvalue weighted by Gasteiger charge is -2.13. The van der Waals surface area contributed by atoms with E-state index in [1.54, 1.807) is 7.11 Å². The first-order valence-electron chi connectivity index (χ1n) is 6.28. The van der Waals surface area contributed by atoms with Crippen LogP contribution in [-0.2, 0) is 4.74 Å². The molecule has 96 valence electrons. The van der Waals surface area contributed by atoms with Gasteiger partial charge in [0, 0.05) is 19.7 Å². The van der Waals surface area contributed by atoms with Crippen molar-refractivity contribution in [2.75, 3.05) is 20.2 Å². The highest BCUT2D eigenvalue weighted by Crippen LogP contribution is 2.14. The maximum Gasteiger partial charge on any atom is 0.0667 e. The molecular weight excluding hydrogens is 212 g/mol. The van der Waals surface area contributed by atoms with Crippen LogP contribution in [0.1, 0.15) is 31.4 Å². The van der Waals surface area contributed by atoms with E-state index in [-0.39, 0.29) is 12.1 Å². The molecule has 0 aliphatic heterocycles. The molecular formula is C14H24N2O. The number of nitrogens with one attached hydrogen (secondary N) is 1. The van der Waals surface area contributed by atoms with E-state index in [2.05, 4.69) is 24.4 Å². The third-order valence-corrected chi connectivity index (χ3v) is 2.93. The molecule has 0 saturated carbocycles. The number of hydrogen-bond acceptors (Lipinski definition) is 3. The van der Waals surface area contributed by atoms with Crippen LogP contribution in [0.25, 0.3) is 0 Å². The molecule has 0 spiro atoms. The van der Waals surface area contributed by atoms with E-state index in [0.29, 0.717) is 0 Å². The number of rotatable bonds is 8. The Morgan fingerprint density at radius 3 is 2.65 bits per heavy atom. The average molecular weight is 236 g/mol. The highest BCUT2D eigenvalue weighted by Gasteiger charge is 2.04. The molecule has 3 nitrogen and oxygen atoms in total. The van der Waals surface area contributed by atoms with Crippen LogP contribution in [-0.4, -0.2) is 26.3 Å². The van der Waals surface area contributed by atoms with Crippen LogP contribution in [0.15, 0.2) is 30.3 Å². The molecule has 0 heterocycles. The van der Waals surface area contributed by atoms with Gasteiger partial charge in [-0.25, -0.2) is 0 Å². The monoisotopic (exact) mass is 236 g/mol. The normalized spacial score (nSPS) is 14.5. The summed E-state index contributed by atoms with van der Waals surface area (Å²) < 4.78 is 5.16. The molecule has 3 heteroatoms. The topological polar surface area (TPSA) is 47.3 Å². The molecule has 0 saturated heterocycles. The Kier molecular flexibility index (Phi) is 6.86. The quantitative estimate of drug-likeness (QED) is 0.679. The van der Waals surface area contributed by atoms with E-state index in [1.165, 1.54) is 5.56 Å². The van der Waals surface area contributed by atoms with Gasteiger partial charge >= 0.3 is 0 Å². The Balaban J connectivity index is 2.11. The summed E-state index contributed by atoms with van der Waals surface area (Å²) in [5.74, 6) is 0. The molecule has 0 aromatic heterocycles. The summed E-state index contributed by atoms with van der Waals surface area (Å²) in [6, 6.07) is 10.4. The fourth-order valence-corrected chi connectivity index (χ4v) is 1.70. The third kappa shape index (κ3) is 5.82. The van der Waals surface area contributed by atoms with Crippen molar-refractivity contribution in [1.82, 2.24) is 5.32 Å². The Labute approximate surface area is 104 Å². The second kappa shape index (κ2) is 8.23. The zero-order valence-electron chi connectivity index (χ0n) is 10.9. The lowest BCUT2D eigenvalue weighted by Crippen LogP contribution is -2.27. The average Bonchev–Trinajstić information content (AvgIpc) is 2.38. The minimum atomic E-state index is 0.151. The van der Waals surface area contributed by atoms with Gasteiger partial charge in [-0.2, -0.15) is 0 Å². The molecule has 0 bridgehead atoms. The maximum atomic E-state index is 6.11. The van der Waals surface area contributed by atoms with E-state index in [4.69, 9.17) is 10.5 Å². The largest absolute Gasteiger partial charge is 0.380 e.